The van der Waals surface area contributed by atoms with Gasteiger partial charge in [0, 0.05) is 24.9 Å². The molecule has 0 unspecified atom stereocenters. The number of aromatic amines is 1. The highest BCUT2D eigenvalue weighted by Crippen LogP contribution is 2.31. The fraction of sp³-hybridized carbons (Fsp3) is 0.355. The first kappa shape index (κ1) is 35.9. The molecule has 0 spiro atoms. The first-order chi connectivity index (χ1) is 24.3. The standard InChI is InChI=1S/C31H32N8O12/c1-4-7-25-32-27(31(2,3)42)26(29(40)47-17-24-23(49-30(41)50-24)14-20(51-39(45)46)16-48-38(43)44)37(25)15-18-10-12-19(13-11-18)21-8-5-6-9-22(21)28-33-35-36-34-28/h5-6,8-13,20,42H,4,7,14-17H2,1-3H3,(H,33,34,35,36)/t20-/m1/s1. The van der Waals surface area contributed by atoms with Gasteiger partial charge in [-0.25, -0.2) is 14.6 Å². The molecule has 2 aromatic carbocycles. The number of ether oxygens (including phenoxy) is 1. The fourth-order valence-electron chi connectivity index (χ4n) is 5.30. The van der Waals surface area contributed by atoms with Crippen molar-refractivity contribution in [1.82, 2.24) is 30.2 Å². The second-order valence-electron chi connectivity index (χ2n) is 11.6. The van der Waals surface area contributed by atoms with Crippen LogP contribution in [0.2, 0.25) is 0 Å². The molecule has 3 aromatic heterocycles. The Balaban J connectivity index is 1.42. The van der Waals surface area contributed by atoms with Gasteiger partial charge in [-0.05, 0) is 42.2 Å². The summed E-state index contributed by atoms with van der Waals surface area (Å²) in [5.41, 5.74) is 1.73. The Bertz CT molecular complexity index is 2050. The zero-order valence-corrected chi connectivity index (χ0v) is 27.5. The number of aromatic nitrogens is 6. The zero-order valence-electron chi connectivity index (χ0n) is 27.5. The maximum Gasteiger partial charge on any atom is 0.519 e. The van der Waals surface area contributed by atoms with Crippen LogP contribution >= 0.6 is 0 Å². The van der Waals surface area contributed by atoms with Gasteiger partial charge in [-0.2, -0.15) is 5.21 Å². The third kappa shape index (κ3) is 8.78. The van der Waals surface area contributed by atoms with Crippen LogP contribution in [0.1, 0.15) is 66.3 Å². The van der Waals surface area contributed by atoms with Gasteiger partial charge in [0.2, 0.25) is 5.82 Å². The smallest absolute Gasteiger partial charge is 0.453 e. The molecule has 20 heteroatoms. The monoisotopic (exact) mass is 708 g/mol. The molecule has 2 N–H and O–H groups in total. The molecule has 3 heterocycles. The first-order valence-electron chi connectivity index (χ1n) is 15.5. The number of carbonyl (C=O) groups excluding carboxylic acids is 1. The molecule has 0 fully saturated rings. The number of rotatable bonds is 17. The number of hydrogen-bond donors (Lipinski definition) is 2. The van der Waals surface area contributed by atoms with E-state index in [0.29, 0.717) is 24.5 Å². The zero-order chi connectivity index (χ0) is 36.7. The number of aliphatic hydroxyl groups is 1. The van der Waals surface area contributed by atoms with Gasteiger partial charge in [0.25, 0.3) is 10.2 Å². The fourth-order valence-corrected chi connectivity index (χ4v) is 5.30. The van der Waals surface area contributed by atoms with Gasteiger partial charge in [0.1, 0.15) is 29.8 Å². The van der Waals surface area contributed by atoms with Crippen LogP contribution in [0, 0.1) is 20.2 Å². The summed E-state index contributed by atoms with van der Waals surface area (Å²) in [7, 11) is 0. The van der Waals surface area contributed by atoms with Gasteiger partial charge in [0.15, 0.2) is 23.8 Å². The number of aryl methyl sites for hydroxylation is 1. The Labute approximate surface area is 287 Å². The summed E-state index contributed by atoms with van der Waals surface area (Å²) >= 11 is 0. The molecule has 268 valence electrons. The molecule has 0 radical (unpaired) electrons. The van der Waals surface area contributed by atoms with Crippen molar-refractivity contribution >= 4 is 5.97 Å². The van der Waals surface area contributed by atoms with Gasteiger partial charge >= 0.3 is 11.8 Å². The van der Waals surface area contributed by atoms with Crippen molar-refractivity contribution in [3.63, 3.8) is 0 Å². The second-order valence-corrected chi connectivity index (χ2v) is 11.6. The van der Waals surface area contributed by atoms with E-state index in [0.717, 1.165) is 22.3 Å². The summed E-state index contributed by atoms with van der Waals surface area (Å²) in [5.74, 6) is -1.86. The summed E-state index contributed by atoms with van der Waals surface area (Å²) < 4.78 is 17.1. The van der Waals surface area contributed by atoms with Crippen LogP contribution in [0.15, 0.2) is 62.2 Å². The molecule has 5 rings (SSSR count). The molecule has 0 amide bonds. The number of hydrogen-bond acceptors (Lipinski definition) is 16. The minimum Gasteiger partial charge on any atom is -0.453 e. The molecule has 0 aliphatic heterocycles. The molecule has 0 saturated carbocycles. The van der Waals surface area contributed by atoms with Crippen LogP contribution in [-0.4, -0.2) is 64.1 Å². The summed E-state index contributed by atoms with van der Waals surface area (Å²) in [6.45, 7) is 3.48. The lowest BCUT2D eigenvalue weighted by Crippen LogP contribution is -2.27. The highest BCUT2D eigenvalue weighted by Gasteiger charge is 2.33. The SMILES string of the molecule is CCCc1nc(C(C)(C)O)c(C(=O)OCc2oc(=O)oc2C[C@H](CO[N+](=O)[O-])O[N+](=O)[O-])n1Cc1ccc(-c2ccccc2-c2nn[nH]n2)cc1. The van der Waals surface area contributed by atoms with E-state index in [1.807, 2.05) is 55.5 Å². The number of H-pyrrole nitrogens is 1. The molecule has 1 atom stereocenters. The van der Waals surface area contributed by atoms with Gasteiger partial charge in [-0.1, -0.05) is 55.5 Å². The van der Waals surface area contributed by atoms with E-state index in [1.165, 1.54) is 13.8 Å². The van der Waals surface area contributed by atoms with Crippen LogP contribution in [0.3, 0.4) is 0 Å². The summed E-state index contributed by atoms with van der Waals surface area (Å²) in [5, 5.41) is 44.5. The van der Waals surface area contributed by atoms with Crippen LogP contribution in [0.25, 0.3) is 22.5 Å². The van der Waals surface area contributed by atoms with Gasteiger partial charge in [-0.3, -0.25) is 0 Å². The lowest BCUT2D eigenvalue weighted by molar-refractivity contribution is -0.790. The summed E-state index contributed by atoms with van der Waals surface area (Å²) in [6.07, 6.45) is -1.02. The normalized spacial score (nSPS) is 12.0. The van der Waals surface area contributed by atoms with Crippen molar-refractivity contribution in [2.24, 2.45) is 0 Å². The van der Waals surface area contributed by atoms with Crippen LogP contribution in [0.4, 0.5) is 0 Å². The number of carbonyl (C=O) groups is 1. The maximum absolute atomic E-state index is 13.8. The number of tetrazole rings is 1. The minimum absolute atomic E-state index is 0.0480. The topological polar surface area (TPSA) is 267 Å². The van der Waals surface area contributed by atoms with E-state index < -0.39 is 53.3 Å². The Morgan fingerprint density at radius 1 is 1.06 bits per heavy atom. The third-order valence-electron chi connectivity index (χ3n) is 7.48. The van der Waals surface area contributed by atoms with Crippen LogP contribution < -0.4 is 5.82 Å². The van der Waals surface area contributed by atoms with Gasteiger partial charge in [0.05, 0.1) is 0 Å². The van der Waals surface area contributed by atoms with Crippen LogP contribution in [0.5, 0.6) is 0 Å². The van der Waals surface area contributed by atoms with E-state index in [2.05, 4.69) is 35.3 Å². The third-order valence-corrected chi connectivity index (χ3v) is 7.48. The van der Waals surface area contributed by atoms with E-state index in [4.69, 9.17) is 13.6 Å². The van der Waals surface area contributed by atoms with Crippen molar-refractivity contribution in [3.05, 3.63) is 114 Å². The van der Waals surface area contributed by atoms with Crippen LogP contribution in [-0.2, 0) is 46.0 Å². The average molecular weight is 709 g/mol. The molecule has 0 aliphatic rings. The lowest BCUT2D eigenvalue weighted by Gasteiger charge is -2.18. The number of esters is 1. The predicted molar refractivity (Wildman–Crippen MR) is 170 cm³/mol. The Hall–Kier alpha value is -6.44. The summed E-state index contributed by atoms with van der Waals surface area (Å²) in [4.78, 5) is 60.5. The quantitative estimate of drug-likeness (QED) is 0.0797. The maximum atomic E-state index is 13.8. The van der Waals surface area contributed by atoms with Crippen molar-refractivity contribution in [3.8, 4) is 22.5 Å². The molecule has 0 bridgehead atoms. The minimum atomic E-state index is -1.58. The molecule has 20 nitrogen and oxygen atoms in total. The van der Waals surface area contributed by atoms with E-state index in [1.54, 1.807) is 4.57 Å². The predicted octanol–water partition coefficient (Wildman–Crippen LogP) is 3.19. The highest BCUT2D eigenvalue weighted by molar-refractivity contribution is 5.89. The first-order valence-corrected chi connectivity index (χ1v) is 15.5. The Kier molecular flexibility index (Phi) is 10.8. The van der Waals surface area contributed by atoms with Crippen molar-refractivity contribution < 1.29 is 43.3 Å². The number of imidazole rings is 1. The molecule has 5 aromatic rings. The summed E-state index contributed by atoms with van der Waals surface area (Å²) in [6, 6.07) is 15.2. The molecule has 0 aliphatic carbocycles. The Morgan fingerprint density at radius 3 is 2.39 bits per heavy atom. The molecule has 51 heavy (non-hydrogen) atoms. The van der Waals surface area contributed by atoms with Gasteiger partial charge in [-0.15, -0.1) is 30.4 Å². The van der Waals surface area contributed by atoms with Crippen molar-refractivity contribution in [2.75, 3.05) is 6.61 Å². The van der Waals surface area contributed by atoms with Crippen molar-refractivity contribution in [1.29, 1.82) is 0 Å². The molecular weight excluding hydrogens is 676 g/mol. The van der Waals surface area contributed by atoms with E-state index in [-0.39, 0.29) is 29.5 Å². The molecule has 0 saturated heterocycles. The average Bonchev–Trinajstić information content (AvgIpc) is 3.82. The molecular formula is C31H32N8O12. The van der Waals surface area contributed by atoms with E-state index in [9.17, 15) is 34.9 Å². The van der Waals surface area contributed by atoms with Gasteiger partial charge < -0.3 is 32.9 Å². The number of nitrogens with one attached hydrogen (secondary N) is 1. The Morgan fingerprint density at radius 2 is 1.76 bits per heavy atom. The highest BCUT2D eigenvalue weighted by atomic mass is 17.0. The lowest BCUT2D eigenvalue weighted by atomic mass is 9.98. The number of benzene rings is 2. The number of nitrogens with zero attached hydrogens (tertiary/aromatic N) is 7. The largest absolute Gasteiger partial charge is 0.519 e. The van der Waals surface area contributed by atoms with Crippen molar-refractivity contribution in [2.45, 2.75) is 64.9 Å². The van der Waals surface area contributed by atoms with E-state index >= 15 is 0 Å². The second kappa shape index (κ2) is 15.4.